The number of nitrogens with one attached hydrogen (secondary N) is 1. The highest BCUT2D eigenvalue weighted by molar-refractivity contribution is 6.30. The summed E-state index contributed by atoms with van der Waals surface area (Å²) in [6.45, 7) is 1.71. The summed E-state index contributed by atoms with van der Waals surface area (Å²) in [6, 6.07) is 10.3. The van der Waals surface area contributed by atoms with Crippen molar-refractivity contribution < 1.29 is 10.0 Å². The van der Waals surface area contributed by atoms with Gasteiger partial charge < -0.3 is 5.11 Å². The normalized spacial score (nSPS) is 11.2. The maximum absolute atomic E-state index is 12.6. The van der Waals surface area contributed by atoms with Crippen LogP contribution in [-0.4, -0.2) is 26.0 Å². The Bertz CT molecular complexity index is 1080. The Labute approximate surface area is 152 Å². The first-order valence-corrected chi connectivity index (χ1v) is 7.83. The van der Waals surface area contributed by atoms with E-state index in [2.05, 4.69) is 10.1 Å². The maximum Gasteiger partial charge on any atom is 0.280 e. The number of non-ortho nitro benzene ring substituents is 1. The topological polar surface area (TPSA) is 114 Å². The molecule has 0 aliphatic carbocycles. The molecule has 0 spiro atoms. The van der Waals surface area contributed by atoms with Gasteiger partial charge in [0.1, 0.15) is 11.4 Å². The molecule has 0 atom stereocenters. The Morgan fingerprint density at radius 1 is 1.31 bits per heavy atom. The van der Waals surface area contributed by atoms with Crippen molar-refractivity contribution in [1.29, 1.82) is 0 Å². The highest BCUT2D eigenvalue weighted by Crippen LogP contribution is 2.30. The van der Waals surface area contributed by atoms with Gasteiger partial charge >= 0.3 is 0 Å². The first-order valence-electron chi connectivity index (χ1n) is 7.46. The van der Waals surface area contributed by atoms with Crippen LogP contribution in [0, 0.1) is 17.0 Å². The molecule has 3 aromatic rings. The molecule has 0 radical (unpaired) electrons. The molecule has 132 valence electrons. The zero-order chi connectivity index (χ0) is 18.8. The lowest BCUT2D eigenvalue weighted by atomic mass is 10.2. The minimum Gasteiger partial charge on any atom is -0.505 e. The largest absolute Gasteiger partial charge is 0.505 e. The van der Waals surface area contributed by atoms with Gasteiger partial charge in [0.15, 0.2) is 0 Å². The number of benzene rings is 2. The van der Waals surface area contributed by atoms with E-state index in [0.717, 1.165) is 6.07 Å². The molecule has 3 rings (SSSR count). The van der Waals surface area contributed by atoms with Gasteiger partial charge in [0.2, 0.25) is 0 Å². The van der Waals surface area contributed by atoms with Crippen molar-refractivity contribution in [3.05, 3.63) is 79.2 Å². The number of hydrogen-bond donors (Lipinski definition) is 2. The molecule has 1 aromatic heterocycles. The van der Waals surface area contributed by atoms with Gasteiger partial charge in [-0.15, -0.1) is 0 Å². The average molecular weight is 373 g/mol. The van der Waals surface area contributed by atoms with E-state index in [1.54, 1.807) is 31.2 Å². The second kappa shape index (κ2) is 6.85. The number of hydrogen-bond acceptors (Lipinski definition) is 5. The van der Waals surface area contributed by atoms with Crippen LogP contribution < -0.4 is 5.56 Å². The number of H-pyrrole nitrogens is 1. The summed E-state index contributed by atoms with van der Waals surface area (Å²) < 4.78 is 1.33. The monoisotopic (exact) mass is 372 g/mol. The fourth-order valence-corrected chi connectivity index (χ4v) is 2.56. The second-order valence-corrected chi connectivity index (χ2v) is 5.90. The van der Waals surface area contributed by atoms with Crippen LogP contribution in [0.1, 0.15) is 11.3 Å². The quantitative estimate of drug-likeness (QED) is 0.414. The lowest BCUT2D eigenvalue weighted by Crippen LogP contribution is -2.17. The Kier molecular flexibility index (Phi) is 4.59. The van der Waals surface area contributed by atoms with E-state index >= 15 is 0 Å². The third kappa shape index (κ3) is 3.35. The van der Waals surface area contributed by atoms with Crippen molar-refractivity contribution in [2.24, 2.45) is 4.99 Å². The molecule has 8 nitrogen and oxygen atoms in total. The lowest BCUT2D eigenvalue weighted by Gasteiger charge is -2.01. The van der Waals surface area contributed by atoms with Crippen LogP contribution in [0.25, 0.3) is 5.69 Å². The van der Waals surface area contributed by atoms with Crippen molar-refractivity contribution in [2.75, 3.05) is 0 Å². The minimum atomic E-state index is -0.618. The second-order valence-electron chi connectivity index (χ2n) is 5.46. The highest BCUT2D eigenvalue weighted by Gasteiger charge is 2.12. The number of aromatic nitrogens is 2. The van der Waals surface area contributed by atoms with Gasteiger partial charge in [-0.1, -0.05) is 17.7 Å². The van der Waals surface area contributed by atoms with E-state index in [4.69, 9.17) is 11.6 Å². The van der Waals surface area contributed by atoms with Gasteiger partial charge in [-0.3, -0.25) is 25.0 Å². The van der Waals surface area contributed by atoms with E-state index in [9.17, 15) is 20.0 Å². The zero-order valence-corrected chi connectivity index (χ0v) is 14.3. The van der Waals surface area contributed by atoms with Gasteiger partial charge in [-0.05, 0) is 31.2 Å². The van der Waals surface area contributed by atoms with Gasteiger partial charge in [-0.25, -0.2) is 4.68 Å². The molecule has 0 fully saturated rings. The molecule has 0 unspecified atom stereocenters. The molecule has 0 amide bonds. The third-order valence-electron chi connectivity index (χ3n) is 3.69. The summed E-state index contributed by atoms with van der Waals surface area (Å²) in [4.78, 5) is 26.7. The fourth-order valence-electron chi connectivity index (χ4n) is 2.38. The van der Waals surface area contributed by atoms with E-state index in [-0.39, 0.29) is 22.7 Å². The Morgan fingerprint density at radius 3 is 2.73 bits per heavy atom. The first-order chi connectivity index (χ1) is 12.4. The van der Waals surface area contributed by atoms with E-state index in [1.807, 2.05) is 0 Å². The van der Waals surface area contributed by atoms with Crippen LogP contribution in [0.5, 0.6) is 5.75 Å². The third-order valence-corrected chi connectivity index (χ3v) is 3.92. The van der Waals surface area contributed by atoms with Crippen molar-refractivity contribution in [2.45, 2.75) is 6.92 Å². The molecular weight excluding hydrogens is 360 g/mol. The first kappa shape index (κ1) is 17.4. The standard InChI is InChI=1S/C17H13ClN4O4/c1-10-14(9-19-15-6-5-13(22(25)26)8-16(15)23)17(24)21(20-10)12-4-2-3-11(18)7-12/h2-9,20,23H,1H3. The molecule has 2 aromatic carbocycles. The molecule has 0 aliphatic heterocycles. The van der Waals surface area contributed by atoms with Gasteiger partial charge in [0.05, 0.1) is 22.2 Å². The van der Waals surface area contributed by atoms with Gasteiger partial charge in [-0.2, -0.15) is 0 Å². The van der Waals surface area contributed by atoms with Crippen molar-refractivity contribution >= 4 is 29.2 Å². The number of halogens is 1. The summed E-state index contributed by atoms with van der Waals surface area (Å²) in [5.74, 6) is -0.348. The number of aromatic hydroxyl groups is 1. The van der Waals surface area contributed by atoms with E-state index in [1.165, 1.54) is 23.0 Å². The summed E-state index contributed by atoms with van der Waals surface area (Å²) >= 11 is 5.96. The molecule has 9 heteroatoms. The summed E-state index contributed by atoms with van der Waals surface area (Å²) in [5.41, 5.74) is 0.966. The Morgan fingerprint density at radius 2 is 2.08 bits per heavy atom. The van der Waals surface area contributed by atoms with E-state index in [0.29, 0.717) is 22.0 Å². The SMILES string of the molecule is Cc1[nH]n(-c2cccc(Cl)c2)c(=O)c1C=Nc1ccc([N+](=O)[O-])cc1O. The number of aromatic amines is 1. The van der Waals surface area contributed by atoms with Crippen LogP contribution in [0.4, 0.5) is 11.4 Å². The molecule has 0 saturated carbocycles. The van der Waals surface area contributed by atoms with Crippen LogP contribution in [0.15, 0.2) is 52.3 Å². The zero-order valence-electron chi connectivity index (χ0n) is 13.5. The summed E-state index contributed by atoms with van der Waals surface area (Å²) in [6.07, 6.45) is 1.30. The molecule has 1 heterocycles. The predicted molar refractivity (Wildman–Crippen MR) is 98.2 cm³/mol. The summed E-state index contributed by atoms with van der Waals surface area (Å²) in [5, 5.41) is 24.0. The van der Waals surface area contributed by atoms with Crippen LogP contribution >= 0.6 is 11.6 Å². The maximum atomic E-state index is 12.6. The van der Waals surface area contributed by atoms with Crippen LogP contribution in [-0.2, 0) is 0 Å². The molecule has 26 heavy (non-hydrogen) atoms. The van der Waals surface area contributed by atoms with Crippen molar-refractivity contribution in [1.82, 2.24) is 9.78 Å². The Hall–Kier alpha value is -3.39. The average Bonchev–Trinajstić information content (AvgIpc) is 2.88. The Balaban J connectivity index is 1.97. The van der Waals surface area contributed by atoms with E-state index < -0.39 is 4.92 Å². The molecule has 2 N–H and O–H groups in total. The van der Waals surface area contributed by atoms with Crippen LogP contribution in [0.2, 0.25) is 5.02 Å². The number of nitrogens with zero attached hydrogens (tertiary/aromatic N) is 3. The number of aryl methyl sites for hydroxylation is 1. The number of aliphatic imine (C=N–C) groups is 1. The lowest BCUT2D eigenvalue weighted by molar-refractivity contribution is -0.384. The molecule has 0 bridgehead atoms. The number of rotatable bonds is 4. The molecule has 0 saturated heterocycles. The fraction of sp³-hybridized carbons (Fsp3) is 0.0588. The molecule has 0 aliphatic rings. The minimum absolute atomic E-state index is 0.116. The number of phenolic OH excluding ortho intramolecular Hbond substituents is 1. The summed E-state index contributed by atoms with van der Waals surface area (Å²) in [7, 11) is 0. The van der Waals surface area contributed by atoms with Crippen molar-refractivity contribution in [3.8, 4) is 11.4 Å². The van der Waals surface area contributed by atoms with Gasteiger partial charge in [0, 0.05) is 23.0 Å². The number of phenols is 1. The molecular formula is C17H13ClN4O4. The van der Waals surface area contributed by atoms with Crippen molar-refractivity contribution in [3.63, 3.8) is 0 Å². The van der Waals surface area contributed by atoms with Gasteiger partial charge in [0.25, 0.3) is 11.2 Å². The highest BCUT2D eigenvalue weighted by atomic mass is 35.5. The smallest absolute Gasteiger partial charge is 0.280 e. The number of nitro benzene ring substituents is 1. The number of nitro groups is 1. The van der Waals surface area contributed by atoms with Crippen LogP contribution in [0.3, 0.4) is 0 Å². The predicted octanol–water partition coefficient (Wildman–Crippen LogP) is 3.49.